The fraction of sp³-hybridized carbons (Fsp3) is 0.231. The summed E-state index contributed by atoms with van der Waals surface area (Å²) in [6, 6.07) is 13.2. The van der Waals surface area contributed by atoms with Crippen molar-refractivity contribution in [3.8, 4) is 0 Å². The van der Waals surface area contributed by atoms with Gasteiger partial charge in [0.1, 0.15) is 23.8 Å². The molecule has 39 heavy (non-hydrogen) atoms. The van der Waals surface area contributed by atoms with Crippen molar-refractivity contribution in [1.29, 1.82) is 0 Å². The van der Waals surface area contributed by atoms with Gasteiger partial charge in [-0.15, -0.1) is 16.7 Å². The number of halogens is 1. The average molecular weight is 546 g/mol. The van der Waals surface area contributed by atoms with E-state index in [1.165, 1.54) is 24.5 Å². The molecule has 3 heterocycles. The monoisotopic (exact) mass is 545 g/mol. The zero-order valence-electron chi connectivity index (χ0n) is 21.1. The van der Waals surface area contributed by atoms with Crippen molar-refractivity contribution in [3.63, 3.8) is 0 Å². The molecular weight excluding hydrogens is 522 g/mol. The lowest BCUT2D eigenvalue weighted by atomic mass is 10.1. The number of anilines is 3. The normalized spacial score (nSPS) is 16.0. The number of alkyl halides is 1. The molecule has 3 aromatic rings. The van der Waals surface area contributed by atoms with Gasteiger partial charge in [0.25, 0.3) is 11.8 Å². The Kier molecular flexibility index (Phi) is 7.28. The van der Waals surface area contributed by atoms with Crippen LogP contribution in [0.3, 0.4) is 0 Å². The van der Waals surface area contributed by atoms with Crippen LogP contribution in [0, 0.1) is 12.8 Å². The fourth-order valence-corrected chi connectivity index (χ4v) is 4.35. The van der Waals surface area contributed by atoms with Gasteiger partial charge in [-0.1, -0.05) is 17.4 Å². The van der Waals surface area contributed by atoms with E-state index < -0.39 is 17.7 Å². The molecule has 0 fully saturated rings. The topological polar surface area (TPSA) is 145 Å². The van der Waals surface area contributed by atoms with Crippen LogP contribution in [0.25, 0.3) is 10.9 Å². The highest BCUT2D eigenvalue weighted by Crippen LogP contribution is 2.30. The summed E-state index contributed by atoms with van der Waals surface area (Å²) in [5, 5.41) is 15.8. The molecule has 2 aliphatic rings. The van der Waals surface area contributed by atoms with E-state index >= 15 is 0 Å². The molecule has 0 saturated carbocycles. The van der Waals surface area contributed by atoms with E-state index in [0.29, 0.717) is 17.0 Å². The molecule has 0 aliphatic carbocycles. The van der Waals surface area contributed by atoms with Crippen molar-refractivity contribution >= 4 is 63.6 Å². The van der Waals surface area contributed by atoms with E-state index in [2.05, 4.69) is 35.9 Å². The predicted molar refractivity (Wildman–Crippen MR) is 147 cm³/mol. The highest BCUT2D eigenvalue weighted by atomic mass is 35.5. The number of nitrogens with one attached hydrogen (secondary N) is 2. The highest BCUT2D eigenvalue weighted by molar-refractivity contribution is 6.18. The second-order valence-electron chi connectivity index (χ2n) is 8.99. The lowest BCUT2D eigenvalue weighted by molar-refractivity contribution is -0.133. The number of fused-ring (bicyclic) bond motifs is 2. The Morgan fingerprint density at radius 2 is 1.97 bits per heavy atom. The van der Waals surface area contributed by atoms with Crippen molar-refractivity contribution in [2.75, 3.05) is 36.7 Å². The van der Waals surface area contributed by atoms with Crippen LogP contribution in [0.15, 0.2) is 75.5 Å². The molecule has 1 atom stereocenters. The first kappa shape index (κ1) is 25.9. The van der Waals surface area contributed by atoms with Crippen molar-refractivity contribution in [2.24, 2.45) is 21.2 Å². The summed E-state index contributed by atoms with van der Waals surface area (Å²) >= 11 is 5.70. The van der Waals surface area contributed by atoms with E-state index in [4.69, 9.17) is 11.6 Å². The Morgan fingerprint density at radius 3 is 2.77 bits per heavy atom. The van der Waals surface area contributed by atoms with Crippen LogP contribution in [0.5, 0.6) is 0 Å². The minimum atomic E-state index is -0.797. The van der Waals surface area contributed by atoms with Crippen LogP contribution in [-0.4, -0.2) is 69.8 Å². The number of hydrogen-bond donors (Lipinski definition) is 2. The third kappa shape index (κ3) is 5.46. The summed E-state index contributed by atoms with van der Waals surface area (Å²) in [5.74, 6) is -1.33. The molecule has 2 aromatic carbocycles. The Bertz CT molecular complexity index is 1570. The van der Waals surface area contributed by atoms with Crippen LogP contribution in [-0.2, 0) is 14.4 Å². The molecule has 0 spiro atoms. The van der Waals surface area contributed by atoms with Crippen molar-refractivity contribution in [1.82, 2.24) is 19.9 Å². The maximum Gasteiger partial charge on any atom is 0.274 e. The Hall–Kier alpha value is -4.71. The van der Waals surface area contributed by atoms with Crippen molar-refractivity contribution in [3.05, 3.63) is 65.7 Å². The van der Waals surface area contributed by atoms with E-state index in [-0.39, 0.29) is 36.3 Å². The minimum absolute atomic E-state index is 0.0207. The molecule has 2 N–H and O–H groups in total. The largest absolute Gasteiger partial charge is 0.340 e. The number of aryl methyl sites for hydroxylation is 1. The Morgan fingerprint density at radius 1 is 1.13 bits per heavy atom. The molecular formula is C26H24ClN9O3. The molecule has 0 saturated heterocycles. The number of nitrogens with zero attached hydrogens (tertiary/aromatic N) is 7. The lowest BCUT2D eigenvalue weighted by Gasteiger charge is -2.22. The van der Waals surface area contributed by atoms with Gasteiger partial charge in [0.2, 0.25) is 5.91 Å². The van der Waals surface area contributed by atoms with E-state index in [1.54, 1.807) is 18.2 Å². The number of likely N-dealkylation sites (N-methyl/N-ethyl adjacent to an activating group) is 1. The second kappa shape index (κ2) is 11.0. The van der Waals surface area contributed by atoms with Gasteiger partial charge in [0, 0.05) is 35.9 Å². The summed E-state index contributed by atoms with van der Waals surface area (Å²) in [4.78, 5) is 52.3. The highest BCUT2D eigenvalue weighted by Gasteiger charge is 2.38. The van der Waals surface area contributed by atoms with Gasteiger partial charge in [-0.3, -0.25) is 19.4 Å². The molecule has 5 rings (SSSR count). The average Bonchev–Trinajstić information content (AvgIpc) is 3.35. The fourth-order valence-electron chi connectivity index (χ4n) is 4.19. The summed E-state index contributed by atoms with van der Waals surface area (Å²) in [5.41, 5.74) is 3.34. The molecule has 1 aromatic heterocycles. The van der Waals surface area contributed by atoms with Gasteiger partial charge >= 0.3 is 0 Å². The molecule has 13 heteroatoms. The number of benzene rings is 2. The van der Waals surface area contributed by atoms with E-state index in [0.717, 1.165) is 21.6 Å². The molecule has 198 valence electrons. The molecule has 2 aliphatic heterocycles. The smallest absolute Gasteiger partial charge is 0.274 e. The number of aliphatic imine (C=N–C) groups is 1. The third-order valence-electron chi connectivity index (χ3n) is 6.10. The van der Waals surface area contributed by atoms with Gasteiger partial charge in [-0.2, -0.15) is 0 Å². The molecule has 1 unspecified atom stereocenters. The van der Waals surface area contributed by atoms with Crippen LogP contribution in [0.1, 0.15) is 5.56 Å². The van der Waals surface area contributed by atoms with Gasteiger partial charge < -0.3 is 15.5 Å². The number of hydrogen-bond acceptors (Lipinski definition) is 9. The number of rotatable bonds is 8. The van der Waals surface area contributed by atoms with Crippen molar-refractivity contribution < 1.29 is 14.4 Å². The summed E-state index contributed by atoms with van der Waals surface area (Å²) in [7, 11) is 1.47. The third-order valence-corrected chi connectivity index (χ3v) is 6.27. The number of amides is 3. The standard InChI is InChI=1S/C26H24ClN9O3/c1-15-4-3-5-16(10-15)32-24-18-11-17(6-7-20(18)29-14-30-24)31-21(37)13-35(2)26(39)23-22-19(12-28-23)25(38)36(9-8-27)34-33-22/h3-7,10-12,14,19H,8-9,13H2,1-2H3,(H,31,37)(H,29,30,32). The zero-order valence-corrected chi connectivity index (χ0v) is 21.9. The summed E-state index contributed by atoms with van der Waals surface area (Å²) in [6.07, 6.45) is 2.83. The minimum Gasteiger partial charge on any atom is -0.340 e. The van der Waals surface area contributed by atoms with Crippen LogP contribution < -0.4 is 10.6 Å². The molecule has 0 radical (unpaired) electrons. The Balaban J connectivity index is 1.28. The van der Waals surface area contributed by atoms with Crippen molar-refractivity contribution in [2.45, 2.75) is 6.92 Å². The summed E-state index contributed by atoms with van der Waals surface area (Å²) < 4.78 is 0. The first-order chi connectivity index (χ1) is 18.8. The van der Waals surface area contributed by atoms with Gasteiger partial charge in [-0.25, -0.2) is 15.0 Å². The van der Waals surface area contributed by atoms with Gasteiger partial charge in [0.05, 0.1) is 18.6 Å². The van der Waals surface area contributed by atoms with Crippen LogP contribution >= 0.6 is 11.6 Å². The number of carbonyl (C=O) groups excluding carboxylic acids is 3. The van der Waals surface area contributed by atoms with E-state index in [1.807, 2.05) is 31.2 Å². The molecule has 12 nitrogen and oxygen atoms in total. The quantitative estimate of drug-likeness (QED) is 0.415. The first-order valence-electron chi connectivity index (χ1n) is 12.0. The van der Waals surface area contributed by atoms with Crippen LogP contribution in [0.2, 0.25) is 0 Å². The van der Waals surface area contributed by atoms with Gasteiger partial charge in [-0.05, 0) is 42.8 Å². The van der Waals surface area contributed by atoms with Gasteiger partial charge in [0.15, 0.2) is 5.70 Å². The molecule has 0 bridgehead atoms. The first-order valence-corrected chi connectivity index (χ1v) is 12.6. The lowest BCUT2D eigenvalue weighted by Crippen LogP contribution is -2.38. The van der Waals surface area contributed by atoms with E-state index in [9.17, 15) is 14.4 Å². The predicted octanol–water partition coefficient (Wildman–Crippen LogP) is 3.44. The second-order valence-corrected chi connectivity index (χ2v) is 9.37. The number of aromatic nitrogens is 2. The molecule has 3 amide bonds. The maximum atomic E-state index is 13.0. The maximum absolute atomic E-state index is 13.0. The Labute approximate surface area is 228 Å². The SMILES string of the molecule is Cc1cccc(Nc2ncnc3ccc(NC(=O)CN(C)C(=O)C4=C5N=NN(CCCl)C(=O)C5C=N4)cc23)c1. The zero-order chi connectivity index (χ0) is 27.5. The van der Waals surface area contributed by atoms with Crippen LogP contribution in [0.4, 0.5) is 17.2 Å². The number of carbonyl (C=O) groups is 3. The summed E-state index contributed by atoms with van der Waals surface area (Å²) in [6.45, 7) is 1.95.